The Morgan fingerprint density at radius 1 is 1.33 bits per heavy atom. The Morgan fingerprint density at radius 2 is 2.27 bits per heavy atom. The minimum absolute atomic E-state index is 0.823. The van der Waals surface area contributed by atoms with Crippen molar-refractivity contribution in [2.75, 3.05) is 6.54 Å². The van der Waals surface area contributed by atoms with Crippen molar-refractivity contribution < 1.29 is 4.52 Å². The molecule has 3 rings (SSSR count). The third-order valence-corrected chi connectivity index (χ3v) is 3.96. The van der Waals surface area contributed by atoms with Crippen LogP contribution < -0.4 is 0 Å². The Hall–Kier alpha value is -0.830. The Morgan fingerprint density at radius 3 is 3.13 bits per heavy atom. The summed E-state index contributed by atoms with van der Waals surface area (Å²) in [5.41, 5.74) is 0. The van der Waals surface area contributed by atoms with Gasteiger partial charge in [-0.2, -0.15) is 0 Å². The first-order chi connectivity index (χ1) is 7.43. The van der Waals surface area contributed by atoms with Crippen molar-refractivity contribution >= 4 is 0 Å². The van der Waals surface area contributed by atoms with Crippen LogP contribution in [-0.4, -0.2) is 22.6 Å². The van der Waals surface area contributed by atoms with E-state index in [0.29, 0.717) is 0 Å². The predicted molar refractivity (Wildman–Crippen MR) is 57.3 cm³/mol. The molecule has 2 fully saturated rings. The van der Waals surface area contributed by atoms with Gasteiger partial charge in [0.1, 0.15) is 0 Å². The third-order valence-electron chi connectivity index (χ3n) is 3.96. The summed E-state index contributed by atoms with van der Waals surface area (Å²) in [5.74, 6) is 1.98. The van der Waals surface area contributed by atoms with Gasteiger partial charge in [0.15, 0.2) is 5.76 Å². The van der Waals surface area contributed by atoms with Crippen LogP contribution in [0.1, 0.15) is 37.9 Å². The van der Waals surface area contributed by atoms with Crippen LogP contribution in [0.4, 0.5) is 0 Å². The van der Waals surface area contributed by atoms with Gasteiger partial charge in [-0.25, -0.2) is 0 Å². The van der Waals surface area contributed by atoms with E-state index in [1.807, 2.05) is 6.07 Å². The normalized spacial score (nSPS) is 31.7. The lowest BCUT2D eigenvalue weighted by molar-refractivity contribution is 0.0953. The Balaban J connectivity index is 1.69. The highest BCUT2D eigenvalue weighted by atomic mass is 16.5. The van der Waals surface area contributed by atoms with E-state index in [1.165, 1.54) is 38.6 Å². The molecule has 2 atom stereocenters. The number of likely N-dealkylation sites (tertiary alicyclic amines) is 1. The highest BCUT2D eigenvalue weighted by Gasteiger charge is 2.34. The third kappa shape index (κ3) is 1.81. The topological polar surface area (TPSA) is 29.3 Å². The molecule has 1 aromatic heterocycles. The van der Waals surface area contributed by atoms with Crippen molar-refractivity contribution in [2.24, 2.45) is 5.92 Å². The van der Waals surface area contributed by atoms with Crippen LogP contribution >= 0.6 is 0 Å². The van der Waals surface area contributed by atoms with E-state index in [2.05, 4.69) is 10.1 Å². The molecule has 0 amide bonds. The Labute approximate surface area is 90.4 Å². The van der Waals surface area contributed by atoms with Crippen LogP contribution in [0.5, 0.6) is 0 Å². The van der Waals surface area contributed by atoms with Gasteiger partial charge in [-0.3, -0.25) is 4.90 Å². The first-order valence-electron chi connectivity index (χ1n) is 6.07. The molecule has 15 heavy (non-hydrogen) atoms. The molecule has 3 nitrogen and oxygen atoms in total. The zero-order chi connectivity index (χ0) is 10.1. The van der Waals surface area contributed by atoms with E-state index in [4.69, 9.17) is 4.52 Å². The van der Waals surface area contributed by atoms with Crippen molar-refractivity contribution in [1.82, 2.24) is 10.1 Å². The minimum Gasteiger partial charge on any atom is -0.360 e. The highest BCUT2D eigenvalue weighted by Crippen LogP contribution is 2.37. The van der Waals surface area contributed by atoms with Crippen molar-refractivity contribution in [3.8, 4) is 0 Å². The van der Waals surface area contributed by atoms with Crippen LogP contribution in [-0.2, 0) is 6.54 Å². The van der Waals surface area contributed by atoms with Gasteiger partial charge in [0.05, 0.1) is 12.7 Å². The monoisotopic (exact) mass is 206 g/mol. The summed E-state index contributed by atoms with van der Waals surface area (Å²) in [6, 6.07) is 2.81. The fourth-order valence-electron chi connectivity index (χ4n) is 3.28. The summed E-state index contributed by atoms with van der Waals surface area (Å²) in [6.45, 7) is 2.20. The van der Waals surface area contributed by atoms with Crippen molar-refractivity contribution in [2.45, 2.75) is 44.7 Å². The second kappa shape index (κ2) is 3.97. The average Bonchev–Trinajstić information content (AvgIpc) is 2.87. The average molecular weight is 206 g/mol. The van der Waals surface area contributed by atoms with Crippen LogP contribution in [0.15, 0.2) is 16.8 Å². The summed E-state index contributed by atoms with van der Waals surface area (Å²) in [5, 5.41) is 3.77. The molecule has 0 radical (unpaired) electrons. The predicted octanol–water partition coefficient (Wildman–Crippen LogP) is 2.44. The summed E-state index contributed by atoms with van der Waals surface area (Å²) in [6.07, 6.45) is 8.79. The number of fused-ring (bicyclic) bond motifs is 1. The van der Waals surface area contributed by atoms with E-state index < -0.39 is 0 Å². The molecule has 0 N–H and O–H groups in total. The first-order valence-corrected chi connectivity index (χ1v) is 6.07. The van der Waals surface area contributed by atoms with Crippen molar-refractivity contribution in [3.63, 3.8) is 0 Å². The molecule has 1 aliphatic carbocycles. The van der Waals surface area contributed by atoms with Gasteiger partial charge >= 0.3 is 0 Å². The van der Waals surface area contributed by atoms with Gasteiger partial charge in [-0.15, -0.1) is 0 Å². The van der Waals surface area contributed by atoms with Gasteiger partial charge in [0.25, 0.3) is 0 Å². The van der Waals surface area contributed by atoms with Crippen LogP contribution in [0.3, 0.4) is 0 Å². The van der Waals surface area contributed by atoms with Gasteiger partial charge in [0, 0.05) is 12.1 Å². The van der Waals surface area contributed by atoms with Gasteiger partial charge in [-0.05, 0) is 38.1 Å². The Bertz CT molecular complexity index is 309. The fourth-order valence-corrected chi connectivity index (χ4v) is 3.28. The standard InChI is InChI=1S/C12H18N2O/c1-3-10-4-2-8-14(12(10)5-1)9-11-6-7-13-15-11/h6-7,10,12H,1-5,8-9H2. The molecule has 82 valence electrons. The van der Waals surface area contributed by atoms with E-state index in [0.717, 1.165) is 24.3 Å². The number of piperidine rings is 1. The molecule has 3 heteroatoms. The van der Waals surface area contributed by atoms with Gasteiger partial charge in [0.2, 0.25) is 0 Å². The summed E-state index contributed by atoms with van der Waals surface area (Å²) < 4.78 is 5.19. The molecule has 2 unspecified atom stereocenters. The lowest BCUT2D eigenvalue weighted by Gasteiger charge is -2.37. The number of hydrogen-bond donors (Lipinski definition) is 0. The smallest absolute Gasteiger partial charge is 0.150 e. The quantitative estimate of drug-likeness (QED) is 0.744. The number of aromatic nitrogens is 1. The molecule has 1 saturated heterocycles. The molecule has 2 heterocycles. The molecule has 0 bridgehead atoms. The SMILES string of the molecule is c1cc(CN2CCCC3CCCC32)on1. The maximum absolute atomic E-state index is 5.19. The minimum atomic E-state index is 0.823. The molecular weight excluding hydrogens is 188 g/mol. The number of rotatable bonds is 2. The van der Waals surface area contributed by atoms with Gasteiger partial charge < -0.3 is 4.52 Å². The molecule has 1 aliphatic heterocycles. The van der Waals surface area contributed by atoms with Crippen LogP contribution in [0.25, 0.3) is 0 Å². The van der Waals surface area contributed by atoms with Crippen molar-refractivity contribution in [1.29, 1.82) is 0 Å². The van der Waals surface area contributed by atoms with E-state index in [1.54, 1.807) is 6.20 Å². The van der Waals surface area contributed by atoms with Crippen LogP contribution in [0.2, 0.25) is 0 Å². The molecule has 1 aromatic rings. The highest BCUT2D eigenvalue weighted by molar-refractivity contribution is 4.96. The summed E-state index contributed by atoms with van der Waals surface area (Å²) in [4.78, 5) is 2.60. The lowest BCUT2D eigenvalue weighted by atomic mass is 9.92. The zero-order valence-electron chi connectivity index (χ0n) is 9.06. The molecule has 2 aliphatic rings. The molecule has 0 aromatic carbocycles. The maximum Gasteiger partial charge on any atom is 0.150 e. The lowest BCUT2D eigenvalue weighted by Crippen LogP contribution is -2.41. The second-order valence-corrected chi connectivity index (χ2v) is 4.85. The van der Waals surface area contributed by atoms with E-state index >= 15 is 0 Å². The number of nitrogens with zero attached hydrogens (tertiary/aromatic N) is 2. The molecular formula is C12H18N2O. The molecule has 1 saturated carbocycles. The maximum atomic E-state index is 5.19. The number of hydrogen-bond acceptors (Lipinski definition) is 3. The second-order valence-electron chi connectivity index (χ2n) is 4.85. The van der Waals surface area contributed by atoms with Gasteiger partial charge in [-0.1, -0.05) is 11.6 Å². The summed E-state index contributed by atoms with van der Waals surface area (Å²) >= 11 is 0. The summed E-state index contributed by atoms with van der Waals surface area (Å²) in [7, 11) is 0. The fraction of sp³-hybridized carbons (Fsp3) is 0.750. The zero-order valence-corrected chi connectivity index (χ0v) is 9.06. The Kier molecular flexibility index (Phi) is 2.49. The van der Waals surface area contributed by atoms with Crippen LogP contribution in [0, 0.1) is 5.92 Å². The molecule has 0 spiro atoms. The van der Waals surface area contributed by atoms with E-state index in [-0.39, 0.29) is 0 Å². The first kappa shape index (κ1) is 9.40. The van der Waals surface area contributed by atoms with E-state index in [9.17, 15) is 0 Å². The van der Waals surface area contributed by atoms with Crippen molar-refractivity contribution in [3.05, 3.63) is 18.0 Å². The largest absolute Gasteiger partial charge is 0.360 e.